The molecule has 10 heteroatoms. The van der Waals surface area contributed by atoms with Crippen molar-refractivity contribution >= 4 is 0 Å². The molecule has 5 rings (SSSR count). The highest BCUT2D eigenvalue weighted by atomic mass is 19.4. The summed E-state index contributed by atoms with van der Waals surface area (Å²) in [5, 5.41) is 13.3. The molecule has 0 aliphatic heterocycles. The first-order valence-corrected chi connectivity index (χ1v) is 12.5. The van der Waals surface area contributed by atoms with Gasteiger partial charge in [0.2, 0.25) is 5.88 Å². The highest BCUT2D eigenvalue weighted by Crippen LogP contribution is 2.40. The van der Waals surface area contributed by atoms with E-state index in [2.05, 4.69) is 37.4 Å². The Labute approximate surface area is 202 Å². The standard InChI is InChI=1S/C25H31F3N6O/c1-33-22(16-35-23-13-20(11-12-29-23)25(26,27)28)31-32-24(33)18-9-7-17(8-10-18)19-14-30-34(15-19)21-5-3-2-4-6-21/h11-15,17-18,21H,2-10,16H2,1H3/t17-,18-. The van der Waals surface area contributed by atoms with E-state index in [4.69, 9.17) is 4.74 Å². The van der Waals surface area contributed by atoms with Crippen molar-refractivity contribution in [2.45, 2.75) is 88.4 Å². The van der Waals surface area contributed by atoms with Crippen molar-refractivity contribution in [1.82, 2.24) is 29.5 Å². The molecule has 2 aliphatic carbocycles. The van der Waals surface area contributed by atoms with Crippen LogP contribution in [0.3, 0.4) is 0 Å². The lowest BCUT2D eigenvalue weighted by Crippen LogP contribution is -2.16. The zero-order valence-corrected chi connectivity index (χ0v) is 19.9. The molecule has 0 unspecified atom stereocenters. The highest BCUT2D eigenvalue weighted by Gasteiger charge is 2.31. The molecule has 35 heavy (non-hydrogen) atoms. The summed E-state index contributed by atoms with van der Waals surface area (Å²) in [6.07, 6.45) is 11.6. The lowest BCUT2D eigenvalue weighted by molar-refractivity contribution is -0.137. The number of ether oxygens (including phenoxy) is 1. The SMILES string of the molecule is Cn1c(COc2cc(C(F)(F)F)ccn2)nnc1[C@H]1CC[C@H](c2cnn(C3CCCCC3)c2)CC1. The third-order valence-electron chi connectivity index (χ3n) is 7.54. The van der Waals surface area contributed by atoms with Crippen LogP contribution in [0.1, 0.15) is 98.4 Å². The minimum absolute atomic E-state index is 0.00745. The molecule has 0 atom stereocenters. The van der Waals surface area contributed by atoms with Crippen LogP contribution in [-0.4, -0.2) is 29.5 Å². The minimum atomic E-state index is -4.44. The summed E-state index contributed by atoms with van der Waals surface area (Å²) >= 11 is 0. The maximum atomic E-state index is 12.9. The van der Waals surface area contributed by atoms with Crippen molar-refractivity contribution in [2.75, 3.05) is 0 Å². The zero-order chi connectivity index (χ0) is 24.4. The largest absolute Gasteiger partial charge is 0.469 e. The van der Waals surface area contributed by atoms with Crippen molar-refractivity contribution in [3.63, 3.8) is 0 Å². The van der Waals surface area contributed by atoms with Gasteiger partial charge in [-0.3, -0.25) is 4.68 Å². The summed E-state index contributed by atoms with van der Waals surface area (Å²) in [6.45, 7) is 0.00745. The Hall–Kier alpha value is -2.91. The number of nitrogens with zero attached hydrogens (tertiary/aromatic N) is 6. The van der Waals surface area contributed by atoms with Crippen LogP contribution in [0.15, 0.2) is 30.7 Å². The van der Waals surface area contributed by atoms with E-state index in [-0.39, 0.29) is 12.5 Å². The lowest BCUT2D eigenvalue weighted by Gasteiger charge is -2.27. The Morgan fingerprint density at radius 3 is 2.49 bits per heavy atom. The number of hydrogen-bond acceptors (Lipinski definition) is 5. The van der Waals surface area contributed by atoms with E-state index in [1.54, 1.807) is 0 Å². The summed E-state index contributed by atoms with van der Waals surface area (Å²) in [6, 6.07) is 2.37. The predicted octanol–water partition coefficient (Wildman–Crippen LogP) is 5.95. The van der Waals surface area contributed by atoms with Gasteiger partial charge in [-0.15, -0.1) is 10.2 Å². The number of rotatable bonds is 6. The molecule has 0 aromatic carbocycles. The normalized spacial score (nSPS) is 21.8. The summed E-state index contributed by atoms with van der Waals surface area (Å²) in [4.78, 5) is 3.88. The molecule has 3 heterocycles. The van der Waals surface area contributed by atoms with Crippen LogP contribution in [-0.2, 0) is 19.8 Å². The molecular formula is C25H31F3N6O. The molecule has 0 radical (unpaired) electrons. The number of alkyl halides is 3. The number of aromatic nitrogens is 6. The molecule has 2 fully saturated rings. The van der Waals surface area contributed by atoms with Crippen LogP contribution in [0.4, 0.5) is 13.2 Å². The Morgan fingerprint density at radius 1 is 1.00 bits per heavy atom. The first kappa shape index (κ1) is 23.8. The van der Waals surface area contributed by atoms with Crippen molar-refractivity contribution in [3.05, 3.63) is 53.5 Å². The summed E-state index contributed by atoms with van der Waals surface area (Å²) < 4.78 is 48.3. The number of halogens is 3. The van der Waals surface area contributed by atoms with Gasteiger partial charge in [-0.25, -0.2) is 4.98 Å². The van der Waals surface area contributed by atoms with Crippen LogP contribution in [0.2, 0.25) is 0 Å². The van der Waals surface area contributed by atoms with Gasteiger partial charge in [0.05, 0.1) is 17.8 Å². The third-order valence-corrected chi connectivity index (χ3v) is 7.54. The van der Waals surface area contributed by atoms with Gasteiger partial charge < -0.3 is 9.30 Å². The van der Waals surface area contributed by atoms with E-state index in [0.29, 0.717) is 23.7 Å². The van der Waals surface area contributed by atoms with Crippen LogP contribution >= 0.6 is 0 Å². The fourth-order valence-corrected chi connectivity index (χ4v) is 5.45. The van der Waals surface area contributed by atoms with E-state index in [9.17, 15) is 13.2 Å². The molecular weight excluding hydrogens is 457 g/mol. The molecule has 3 aromatic rings. The smallest absolute Gasteiger partial charge is 0.416 e. The average molecular weight is 489 g/mol. The summed E-state index contributed by atoms with van der Waals surface area (Å²) in [5.74, 6) is 2.20. The Morgan fingerprint density at radius 2 is 1.74 bits per heavy atom. The lowest BCUT2D eigenvalue weighted by atomic mass is 9.79. The fourth-order valence-electron chi connectivity index (χ4n) is 5.45. The maximum Gasteiger partial charge on any atom is 0.416 e. The van der Waals surface area contributed by atoms with Gasteiger partial charge in [-0.2, -0.15) is 18.3 Å². The first-order valence-electron chi connectivity index (χ1n) is 12.5. The highest BCUT2D eigenvalue weighted by molar-refractivity contribution is 5.23. The van der Waals surface area contributed by atoms with Crippen molar-refractivity contribution < 1.29 is 17.9 Å². The molecule has 2 aliphatic rings. The van der Waals surface area contributed by atoms with Crippen LogP contribution in [0, 0.1) is 0 Å². The van der Waals surface area contributed by atoms with Crippen molar-refractivity contribution in [2.24, 2.45) is 7.05 Å². The van der Waals surface area contributed by atoms with Gasteiger partial charge in [0.1, 0.15) is 12.4 Å². The van der Waals surface area contributed by atoms with E-state index >= 15 is 0 Å². The van der Waals surface area contributed by atoms with E-state index in [1.165, 1.54) is 37.7 Å². The molecule has 0 saturated heterocycles. The summed E-state index contributed by atoms with van der Waals surface area (Å²) in [7, 11) is 1.88. The topological polar surface area (TPSA) is 70.7 Å². The second-order valence-corrected chi connectivity index (χ2v) is 9.80. The van der Waals surface area contributed by atoms with E-state index in [0.717, 1.165) is 49.8 Å². The Kier molecular flexibility index (Phi) is 6.80. The quantitative estimate of drug-likeness (QED) is 0.429. The third kappa shape index (κ3) is 5.36. The van der Waals surface area contributed by atoms with E-state index < -0.39 is 11.7 Å². The number of hydrogen-bond donors (Lipinski definition) is 0. The van der Waals surface area contributed by atoms with Gasteiger partial charge in [0.15, 0.2) is 5.82 Å². The van der Waals surface area contributed by atoms with Crippen LogP contribution < -0.4 is 4.74 Å². The molecule has 188 valence electrons. The van der Waals surface area contributed by atoms with E-state index in [1.807, 2.05) is 11.6 Å². The van der Waals surface area contributed by atoms with Crippen LogP contribution in [0.25, 0.3) is 0 Å². The molecule has 0 N–H and O–H groups in total. The molecule has 7 nitrogen and oxygen atoms in total. The van der Waals surface area contributed by atoms with Gasteiger partial charge in [-0.05, 0) is 56.1 Å². The van der Waals surface area contributed by atoms with Crippen molar-refractivity contribution in [1.29, 1.82) is 0 Å². The molecule has 0 amide bonds. The Bertz CT molecular complexity index is 1130. The van der Waals surface area contributed by atoms with Crippen LogP contribution in [0.5, 0.6) is 5.88 Å². The predicted molar refractivity (Wildman–Crippen MR) is 123 cm³/mol. The van der Waals surface area contributed by atoms with Gasteiger partial charge in [0.25, 0.3) is 0 Å². The molecule has 0 bridgehead atoms. The molecule has 0 spiro atoms. The van der Waals surface area contributed by atoms with Crippen molar-refractivity contribution in [3.8, 4) is 5.88 Å². The summed E-state index contributed by atoms with van der Waals surface area (Å²) in [5.41, 5.74) is 0.553. The second kappa shape index (κ2) is 9.99. The van der Waals surface area contributed by atoms with Gasteiger partial charge >= 0.3 is 6.18 Å². The zero-order valence-electron chi connectivity index (χ0n) is 19.9. The van der Waals surface area contributed by atoms with Gasteiger partial charge in [0, 0.05) is 31.4 Å². The number of pyridine rings is 1. The first-order chi connectivity index (χ1) is 16.9. The monoisotopic (exact) mass is 488 g/mol. The maximum absolute atomic E-state index is 12.9. The minimum Gasteiger partial charge on any atom is -0.469 e. The van der Waals surface area contributed by atoms with Gasteiger partial charge in [-0.1, -0.05) is 19.3 Å². The molecule has 2 saturated carbocycles. The Balaban J connectivity index is 1.17. The average Bonchev–Trinajstić information content (AvgIpc) is 3.50. The fraction of sp³-hybridized carbons (Fsp3) is 0.600. The second-order valence-electron chi connectivity index (χ2n) is 9.80. The molecule has 3 aromatic heterocycles.